The zero-order valence-corrected chi connectivity index (χ0v) is 21.5. The van der Waals surface area contributed by atoms with Gasteiger partial charge in [-0.3, -0.25) is 19.4 Å². The van der Waals surface area contributed by atoms with Gasteiger partial charge in [-0.05, 0) is 25.8 Å². The summed E-state index contributed by atoms with van der Waals surface area (Å²) in [6.07, 6.45) is 2.88. The van der Waals surface area contributed by atoms with Gasteiger partial charge in [0.05, 0.1) is 19.8 Å². The summed E-state index contributed by atoms with van der Waals surface area (Å²) in [4.78, 5) is 34.1. The third-order valence-corrected chi connectivity index (χ3v) is 5.49. The Morgan fingerprint density at radius 3 is 2.39 bits per heavy atom. The molecular formula is C20H40IN7O3. The van der Waals surface area contributed by atoms with Crippen molar-refractivity contribution in [2.24, 2.45) is 4.99 Å². The van der Waals surface area contributed by atoms with Crippen LogP contribution >= 0.6 is 24.0 Å². The molecule has 0 aliphatic carbocycles. The van der Waals surface area contributed by atoms with E-state index < -0.39 is 0 Å². The average molecular weight is 553 g/mol. The molecule has 0 aromatic heterocycles. The Morgan fingerprint density at radius 1 is 1.10 bits per heavy atom. The van der Waals surface area contributed by atoms with Crippen molar-refractivity contribution in [2.45, 2.75) is 25.3 Å². The topological polar surface area (TPSA) is 102 Å². The largest absolute Gasteiger partial charge is 0.379 e. The number of likely N-dealkylation sites (tertiary alicyclic amines) is 1. The molecule has 10 nitrogen and oxygen atoms in total. The van der Waals surface area contributed by atoms with Crippen LogP contribution < -0.4 is 16.0 Å². The first-order chi connectivity index (χ1) is 14.5. The molecule has 0 aromatic rings. The van der Waals surface area contributed by atoms with Crippen molar-refractivity contribution >= 4 is 41.8 Å². The van der Waals surface area contributed by atoms with Crippen LogP contribution in [0.4, 0.5) is 0 Å². The smallest absolute Gasteiger partial charge is 0.243 e. The number of carbonyl (C=O) groups is 2. The fraction of sp³-hybridized carbons (Fsp3) is 0.850. The Labute approximate surface area is 203 Å². The number of ether oxygens (including phenoxy) is 1. The number of likely N-dealkylation sites (N-methyl/N-ethyl adjacent to an activating group) is 2. The van der Waals surface area contributed by atoms with Gasteiger partial charge in [0, 0.05) is 59.9 Å². The van der Waals surface area contributed by atoms with Gasteiger partial charge in [0.1, 0.15) is 6.54 Å². The molecule has 0 saturated carbocycles. The number of nitrogens with one attached hydrogen (secondary N) is 3. The lowest BCUT2D eigenvalue weighted by Crippen LogP contribution is -2.50. The Hall–Kier alpha value is -1.18. The van der Waals surface area contributed by atoms with Gasteiger partial charge < -0.3 is 25.6 Å². The number of amides is 2. The number of halogens is 1. The third-order valence-electron chi connectivity index (χ3n) is 5.49. The highest BCUT2D eigenvalue weighted by Crippen LogP contribution is 2.09. The fourth-order valence-corrected chi connectivity index (χ4v) is 3.49. The number of morpholine rings is 1. The summed E-state index contributed by atoms with van der Waals surface area (Å²) >= 11 is 0. The van der Waals surface area contributed by atoms with E-state index in [2.05, 4.69) is 30.7 Å². The highest BCUT2D eigenvalue weighted by Gasteiger charge is 2.21. The molecule has 2 rings (SSSR count). The standard InChI is InChI=1S/C20H39N7O3.HI/c1-21-18(28)16-27-9-5-17(6-10-27)24-20(23-15-19(29)25(2)3)22-7-4-8-26-11-13-30-14-12-26;/h17H,4-16H2,1-3H3,(H,21,28)(H2,22,23,24);1H. The molecule has 0 spiro atoms. The molecule has 2 heterocycles. The predicted molar refractivity (Wildman–Crippen MR) is 133 cm³/mol. The van der Waals surface area contributed by atoms with Gasteiger partial charge in [-0.1, -0.05) is 0 Å². The van der Waals surface area contributed by atoms with E-state index in [9.17, 15) is 9.59 Å². The molecule has 2 aliphatic rings. The molecule has 0 bridgehead atoms. The van der Waals surface area contributed by atoms with Gasteiger partial charge in [-0.25, -0.2) is 4.99 Å². The van der Waals surface area contributed by atoms with Crippen LogP contribution in [0.3, 0.4) is 0 Å². The van der Waals surface area contributed by atoms with E-state index in [4.69, 9.17) is 4.74 Å². The quantitative estimate of drug-likeness (QED) is 0.148. The first kappa shape index (κ1) is 27.9. The highest BCUT2D eigenvalue weighted by atomic mass is 127. The molecule has 2 aliphatic heterocycles. The lowest BCUT2D eigenvalue weighted by atomic mass is 10.1. The monoisotopic (exact) mass is 553 g/mol. The first-order valence-electron chi connectivity index (χ1n) is 11.0. The van der Waals surface area contributed by atoms with Gasteiger partial charge in [-0.2, -0.15) is 0 Å². The van der Waals surface area contributed by atoms with Gasteiger partial charge in [0.15, 0.2) is 5.96 Å². The fourth-order valence-electron chi connectivity index (χ4n) is 3.49. The SMILES string of the molecule is CNC(=O)CN1CCC(NC(=NCC(=O)N(C)C)NCCCN2CCOCC2)CC1.I. The molecule has 2 fully saturated rings. The van der Waals surface area contributed by atoms with Gasteiger partial charge >= 0.3 is 0 Å². The van der Waals surface area contributed by atoms with Crippen molar-refractivity contribution in [3.63, 3.8) is 0 Å². The second-order valence-electron chi connectivity index (χ2n) is 8.06. The van der Waals surface area contributed by atoms with E-state index in [-0.39, 0.29) is 48.4 Å². The number of nitrogens with zero attached hydrogens (tertiary/aromatic N) is 4. The molecule has 0 atom stereocenters. The van der Waals surface area contributed by atoms with E-state index in [1.807, 2.05) is 0 Å². The molecule has 2 amide bonds. The Balaban J connectivity index is 0.00000480. The zero-order chi connectivity index (χ0) is 21.8. The molecule has 3 N–H and O–H groups in total. The molecule has 0 radical (unpaired) electrons. The minimum absolute atomic E-state index is 0. The van der Waals surface area contributed by atoms with Crippen LogP contribution in [0.15, 0.2) is 4.99 Å². The maximum absolute atomic E-state index is 12.0. The molecule has 2 saturated heterocycles. The van der Waals surface area contributed by atoms with Crippen molar-refractivity contribution in [1.82, 2.24) is 30.7 Å². The molecule has 11 heteroatoms. The van der Waals surface area contributed by atoms with E-state index in [0.717, 1.165) is 71.7 Å². The summed E-state index contributed by atoms with van der Waals surface area (Å²) in [6.45, 7) is 7.74. The van der Waals surface area contributed by atoms with Gasteiger partial charge in [0.25, 0.3) is 0 Å². The van der Waals surface area contributed by atoms with Crippen molar-refractivity contribution in [3.05, 3.63) is 0 Å². The Morgan fingerprint density at radius 2 is 1.77 bits per heavy atom. The molecule has 31 heavy (non-hydrogen) atoms. The summed E-state index contributed by atoms with van der Waals surface area (Å²) in [6, 6.07) is 0.283. The van der Waals surface area contributed by atoms with Crippen LogP contribution in [0.25, 0.3) is 0 Å². The van der Waals surface area contributed by atoms with E-state index in [1.54, 1.807) is 26.0 Å². The van der Waals surface area contributed by atoms with E-state index >= 15 is 0 Å². The van der Waals surface area contributed by atoms with E-state index in [1.165, 1.54) is 0 Å². The number of guanidine groups is 1. The lowest BCUT2D eigenvalue weighted by molar-refractivity contribution is -0.127. The summed E-state index contributed by atoms with van der Waals surface area (Å²) in [5.41, 5.74) is 0. The summed E-state index contributed by atoms with van der Waals surface area (Å²) < 4.78 is 5.39. The minimum Gasteiger partial charge on any atom is -0.379 e. The molecule has 0 aromatic carbocycles. The average Bonchev–Trinajstić information content (AvgIpc) is 2.76. The molecule has 180 valence electrons. The second kappa shape index (κ2) is 15.6. The van der Waals surface area contributed by atoms with Crippen LogP contribution in [0, 0.1) is 0 Å². The number of aliphatic imine (C=N–C) groups is 1. The van der Waals surface area contributed by atoms with E-state index in [0.29, 0.717) is 12.5 Å². The highest BCUT2D eigenvalue weighted by molar-refractivity contribution is 14.0. The Kier molecular flexibility index (Phi) is 14.0. The van der Waals surface area contributed by atoms with Crippen molar-refractivity contribution in [1.29, 1.82) is 0 Å². The van der Waals surface area contributed by atoms with Crippen LogP contribution in [0.5, 0.6) is 0 Å². The van der Waals surface area contributed by atoms with Crippen LogP contribution in [-0.4, -0.2) is 125 Å². The maximum atomic E-state index is 12.0. The lowest BCUT2D eigenvalue weighted by Gasteiger charge is -2.32. The number of hydrogen-bond acceptors (Lipinski definition) is 6. The second-order valence-corrected chi connectivity index (χ2v) is 8.06. The number of rotatable bonds is 9. The number of hydrogen-bond donors (Lipinski definition) is 3. The van der Waals surface area contributed by atoms with Gasteiger partial charge in [-0.15, -0.1) is 24.0 Å². The summed E-state index contributed by atoms with van der Waals surface area (Å²) in [5, 5.41) is 9.54. The van der Waals surface area contributed by atoms with Crippen LogP contribution in [0.1, 0.15) is 19.3 Å². The molecule has 0 unspecified atom stereocenters. The van der Waals surface area contributed by atoms with Crippen molar-refractivity contribution in [2.75, 3.05) is 86.7 Å². The Bertz CT molecular complexity index is 563. The summed E-state index contributed by atoms with van der Waals surface area (Å²) in [5.74, 6) is 0.717. The first-order valence-corrected chi connectivity index (χ1v) is 11.0. The minimum atomic E-state index is -0.0233. The van der Waals surface area contributed by atoms with Crippen molar-refractivity contribution < 1.29 is 14.3 Å². The number of carbonyl (C=O) groups excluding carboxylic acids is 2. The summed E-state index contributed by atoms with van der Waals surface area (Å²) in [7, 11) is 5.14. The van der Waals surface area contributed by atoms with Crippen molar-refractivity contribution in [3.8, 4) is 0 Å². The van der Waals surface area contributed by atoms with Gasteiger partial charge in [0.2, 0.25) is 11.8 Å². The number of piperidine rings is 1. The predicted octanol–water partition coefficient (Wildman–Crippen LogP) is -0.839. The molecular weight excluding hydrogens is 513 g/mol. The maximum Gasteiger partial charge on any atom is 0.243 e. The zero-order valence-electron chi connectivity index (χ0n) is 19.2. The normalized spacial score (nSPS) is 18.7. The van der Waals surface area contributed by atoms with Crippen LogP contribution in [0.2, 0.25) is 0 Å². The third kappa shape index (κ3) is 11.3. The van der Waals surface area contributed by atoms with Crippen LogP contribution in [-0.2, 0) is 14.3 Å².